The number of nitrogens with zero attached hydrogens (tertiary/aromatic N) is 1. The second-order valence-electron chi connectivity index (χ2n) is 8.17. The molecule has 3 heterocycles. The van der Waals surface area contributed by atoms with E-state index in [1.807, 2.05) is 18.5 Å². The molecule has 1 N–H and O–H groups in total. The van der Waals surface area contributed by atoms with Crippen LogP contribution in [0.3, 0.4) is 0 Å². The second kappa shape index (κ2) is 7.25. The number of quaternary nitrogens is 1. The molecule has 24 heavy (non-hydrogen) atoms. The van der Waals surface area contributed by atoms with Gasteiger partial charge < -0.3 is 9.64 Å². The van der Waals surface area contributed by atoms with Gasteiger partial charge in [-0.25, -0.2) is 0 Å². The van der Waals surface area contributed by atoms with E-state index in [2.05, 4.69) is 43.7 Å². The molecule has 3 heteroatoms. The van der Waals surface area contributed by atoms with Gasteiger partial charge in [0.15, 0.2) is 0 Å². The molecule has 0 aromatic carbocycles. The van der Waals surface area contributed by atoms with Crippen molar-refractivity contribution in [2.45, 2.75) is 76.5 Å². The summed E-state index contributed by atoms with van der Waals surface area (Å²) >= 11 is 0. The Hall–Kier alpha value is -1.37. The molecular formula is C21H31N2O+. The average Bonchev–Trinajstić information content (AvgIpc) is 2.55. The van der Waals surface area contributed by atoms with Gasteiger partial charge in [0, 0.05) is 24.4 Å². The second-order valence-corrected chi connectivity index (χ2v) is 8.17. The lowest BCUT2D eigenvalue weighted by atomic mass is 9.88. The smallest absolute Gasteiger partial charge is 0.139 e. The standard InChI is InChI=1S/C21H30N2O/c1-20(2)11-7-12-21(3,24-20)13-8-16-23-15-5-4-10-19(23)18-9-6-14-22-17-18/h6,9,14,17,19H,4-5,7,10-12,15-16H2,1-3H3/p+1/t19-,21+/m0/s1. The summed E-state index contributed by atoms with van der Waals surface area (Å²) in [5.74, 6) is 6.93. The summed E-state index contributed by atoms with van der Waals surface area (Å²) in [5, 5.41) is 0. The number of ether oxygens (including phenoxy) is 1. The topological polar surface area (TPSA) is 26.6 Å². The van der Waals surface area contributed by atoms with Gasteiger partial charge in [0.25, 0.3) is 0 Å². The Morgan fingerprint density at radius 3 is 2.88 bits per heavy atom. The summed E-state index contributed by atoms with van der Waals surface area (Å²) in [6.45, 7) is 8.63. The minimum atomic E-state index is -0.277. The number of hydrogen-bond donors (Lipinski definition) is 1. The van der Waals surface area contributed by atoms with Crippen LogP contribution in [0.15, 0.2) is 24.5 Å². The van der Waals surface area contributed by atoms with Crippen molar-refractivity contribution < 1.29 is 9.64 Å². The SMILES string of the molecule is CC1(C)CCC[C@](C)(C#CC[NH+]2CCCC[C@H]2c2cccnc2)O1. The van der Waals surface area contributed by atoms with Crippen molar-refractivity contribution in [3.8, 4) is 11.8 Å². The number of likely N-dealkylation sites (tertiary alicyclic amines) is 1. The lowest BCUT2D eigenvalue weighted by Crippen LogP contribution is -3.13. The van der Waals surface area contributed by atoms with E-state index in [1.165, 1.54) is 37.8 Å². The predicted octanol–water partition coefficient (Wildman–Crippen LogP) is 2.93. The van der Waals surface area contributed by atoms with Gasteiger partial charge in [-0.3, -0.25) is 4.98 Å². The molecule has 0 saturated carbocycles. The first-order chi connectivity index (χ1) is 11.5. The van der Waals surface area contributed by atoms with Crippen molar-refractivity contribution in [2.75, 3.05) is 13.1 Å². The fraction of sp³-hybridized carbons (Fsp3) is 0.667. The van der Waals surface area contributed by atoms with Crippen molar-refractivity contribution in [2.24, 2.45) is 0 Å². The van der Waals surface area contributed by atoms with Crippen LogP contribution < -0.4 is 4.90 Å². The van der Waals surface area contributed by atoms with E-state index in [1.54, 1.807) is 4.90 Å². The Morgan fingerprint density at radius 2 is 2.12 bits per heavy atom. The van der Waals surface area contributed by atoms with Gasteiger partial charge >= 0.3 is 0 Å². The minimum absolute atomic E-state index is 0.0437. The lowest BCUT2D eigenvalue weighted by Gasteiger charge is -2.40. The zero-order chi connectivity index (χ0) is 17.0. The molecule has 2 fully saturated rings. The average molecular weight is 327 g/mol. The molecule has 3 rings (SSSR count). The quantitative estimate of drug-likeness (QED) is 0.846. The van der Waals surface area contributed by atoms with Crippen LogP contribution in [0.4, 0.5) is 0 Å². The van der Waals surface area contributed by atoms with E-state index in [0.717, 1.165) is 19.4 Å². The van der Waals surface area contributed by atoms with Crippen molar-refractivity contribution >= 4 is 0 Å². The predicted molar refractivity (Wildman–Crippen MR) is 96.7 cm³/mol. The summed E-state index contributed by atoms with van der Waals surface area (Å²) in [5.41, 5.74) is 1.04. The highest BCUT2D eigenvalue weighted by molar-refractivity contribution is 5.16. The number of pyridine rings is 1. The molecule has 130 valence electrons. The molecule has 3 nitrogen and oxygen atoms in total. The third-order valence-electron chi connectivity index (χ3n) is 5.42. The van der Waals surface area contributed by atoms with Crippen LogP contribution in [-0.2, 0) is 4.74 Å². The van der Waals surface area contributed by atoms with Gasteiger partial charge in [-0.05, 0) is 64.9 Å². The van der Waals surface area contributed by atoms with Gasteiger partial charge in [-0.2, -0.15) is 0 Å². The van der Waals surface area contributed by atoms with Crippen molar-refractivity contribution in [1.29, 1.82) is 0 Å². The number of rotatable bonds is 2. The van der Waals surface area contributed by atoms with E-state index in [9.17, 15) is 0 Å². The van der Waals surface area contributed by atoms with E-state index < -0.39 is 0 Å². The highest BCUT2D eigenvalue weighted by Gasteiger charge is 2.36. The molecule has 1 aromatic heterocycles. The van der Waals surface area contributed by atoms with Crippen LogP contribution in [0.25, 0.3) is 0 Å². The zero-order valence-corrected chi connectivity index (χ0v) is 15.4. The highest BCUT2D eigenvalue weighted by atomic mass is 16.5. The summed E-state index contributed by atoms with van der Waals surface area (Å²) in [4.78, 5) is 5.89. The molecule has 0 radical (unpaired) electrons. The van der Waals surface area contributed by atoms with Gasteiger partial charge in [0.1, 0.15) is 18.2 Å². The van der Waals surface area contributed by atoms with Gasteiger partial charge in [-0.1, -0.05) is 12.0 Å². The molecule has 3 atom stereocenters. The summed E-state index contributed by atoms with van der Waals surface area (Å²) in [7, 11) is 0. The van der Waals surface area contributed by atoms with Gasteiger partial charge in [0.05, 0.1) is 12.1 Å². The van der Waals surface area contributed by atoms with Crippen LogP contribution in [0.1, 0.15) is 70.9 Å². The molecule has 0 spiro atoms. The Morgan fingerprint density at radius 1 is 1.25 bits per heavy atom. The molecule has 2 saturated heterocycles. The lowest BCUT2D eigenvalue weighted by molar-refractivity contribution is -0.930. The first kappa shape index (κ1) is 17.5. The molecule has 0 bridgehead atoms. The maximum absolute atomic E-state index is 6.27. The Kier molecular flexibility index (Phi) is 5.27. The summed E-state index contributed by atoms with van der Waals surface area (Å²) < 4.78 is 6.27. The monoisotopic (exact) mass is 327 g/mol. The van der Waals surface area contributed by atoms with Crippen LogP contribution in [0, 0.1) is 11.8 Å². The van der Waals surface area contributed by atoms with Crippen LogP contribution in [0.2, 0.25) is 0 Å². The fourth-order valence-corrected chi connectivity index (χ4v) is 4.27. The van der Waals surface area contributed by atoms with Crippen LogP contribution in [0.5, 0.6) is 0 Å². The van der Waals surface area contributed by atoms with Crippen molar-refractivity contribution in [3.63, 3.8) is 0 Å². The summed E-state index contributed by atoms with van der Waals surface area (Å²) in [6.07, 6.45) is 11.1. The van der Waals surface area contributed by atoms with Crippen molar-refractivity contribution in [3.05, 3.63) is 30.1 Å². The van der Waals surface area contributed by atoms with Crippen molar-refractivity contribution in [1.82, 2.24) is 4.98 Å². The number of hydrogen-bond acceptors (Lipinski definition) is 2. The highest BCUT2D eigenvalue weighted by Crippen LogP contribution is 2.34. The third kappa shape index (κ3) is 4.37. The number of aromatic nitrogens is 1. The Bertz CT molecular complexity index is 601. The molecule has 1 unspecified atom stereocenters. The van der Waals surface area contributed by atoms with Crippen LogP contribution >= 0.6 is 0 Å². The minimum Gasteiger partial charge on any atom is -0.357 e. The fourth-order valence-electron chi connectivity index (χ4n) is 4.27. The van der Waals surface area contributed by atoms with E-state index >= 15 is 0 Å². The maximum atomic E-state index is 6.27. The molecular weight excluding hydrogens is 296 g/mol. The first-order valence-electron chi connectivity index (χ1n) is 9.42. The molecule has 0 amide bonds. The zero-order valence-electron chi connectivity index (χ0n) is 15.4. The summed E-state index contributed by atoms with van der Waals surface area (Å²) in [6, 6.07) is 4.80. The Labute approximate surface area is 146 Å². The normalized spacial score (nSPS) is 32.6. The molecule has 0 aliphatic carbocycles. The number of piperidine rings is 1. The maximum Gasteiger partial charge on any atom is 0.139 e. The third-order valence-corrected chi connectivity index (χ3v) is 5.42. The molecule has 1 aromatic rings. The van der Waals surface area contributed by atoms with E-state index in [4.69, 9.17) is 4.74 Å². The first-order valence-corrected chi connectivity index (χ1v) is 9.42. The van der Waals surface area contributed by atoms with E-state index in [0.29, 0.717) is 6.04 Å². The van der Waals surface area contributed by atoms with Gasteiger partial charge in [0.2, 0.25) is 0 Å². The van der Waals surface area contributed by atoms with Crippen LogP contribution in [-0.4, -0.2) is 29.3 Å². The van der Waals surface area contributed by atoms with Gasteiger partial charge in [-0.15, -0.1) is 0 Å². The van der Waals surface area contributed by atoms with E-state index in [-0.39, 0.29) is 11.2 Å². The number of nitrogens with one attached hydrogen (secondary N) is 1. The largest absolute Gasteiger partial charge is 0.357 e. The Balaban J connectivity index is 1.67. The molecule has 2 aliphatic heterocycles. The molecule has 2 aliphatic rings.